The third-order valence-electron chi connectivity index (χ3n) is 2.92. The molecule has 0 bridgehead atoms. The Balaban J connectivity index is 2.24. The van der Waals surface area contributed by atoms with Crippen molar-refractivity contribution >= 4 is 28.7 Å². The molecule has 7 heteroatoms. The van der Waals surface area contributed by atoms with Crippen LogP contribution in [0.4, 0.5) is 4.79 Å². The summed E-state index contributed by atoms with van der Waals surface area (Å²) in [7, 11) is 1.24. The molecule has 1 aromatic heterocycles. The number of aliphatic imine (C=N–C) groups is 1. The monoisotopic (exact) mass is 317 g/mol. The van der Waals surface area contributed by atoms with Crippen molar-refractivity contribution in [3.63, 3.8) is 0 Å². The first-order valence-electron chi connectivity index (χ1n) is 7.09. The number of esters is 1. The summed E-state index contributed by atoms with van der Waals surface area (Å²) < 4.78 is 9.80. The molecule has 7 nitrogen and oxygen atoms in total. The zero-order chi connectivity index (χ0) is 17.0. The van der Waals surface area contributed by atoms with E-state index >= 15 is 0 Å². The Labute approximate surface area is 133 Å². The van der Waals surface area contributed by atoms with Gasteiger partial charge in [-0.2, -0.15) is 10.1 Å². The van der Waals surface area contributed by atoms with Crippen LogP contribution in [0.1, 0.15) is 26.3 Å². The van der Waals surface area contributed by atoms with E-state index in [-0.39, 0.29) is 12.1 Å². The molecule has 0 spiro atoms. The summed E-state index contributed by atoms with van der Waals surface area (Å²) in [6.45, 7) is 5.18. The summed E-state index contributed by atoms with van der Waals surface area (Å²) >= 11 is 0. The lowest BCUT2D eigenvalue weighted by molar-refractivity contribution is -0.132. The maximum absolute atomic E-state index is 11.9. The number of H-pyrrole nitrogens is 1. The zero-order valence-corrected chi connectivity index (χ0v) is 13.5. The second-order valence-corrected chi connectivity index (χ2v) is 6.00. The minimum atomic E-state index is -0.819. The minimum Gasteiger partial charge on any atom is -0.465 e. The van der Waals surface area contributed by atoms with Crippen molar-refractivity contribution in [1.82, 2.24) is 10.2 Å². The van der Waals surface area contributed by atoms with Crippen LogP contribution in [0.5, 0.6) is 0 Å². The van der Waals surface area contributed by atoms with Gasteiger partial charge in [0.1, 0.15) is 11.3 Å². The second-order valence-electron chi connectivity index (χ2n) is 6.00. The van der Waals surface area contributed by atoms with Crippen LogP contribution in [-0.4, -0.2) is 40.7 Å². The van der Waals surface area contributed by atoms with E-state index < -0.39 is 17.7 Å². The van der Waals surface area contributed by atoms with Crippen LogP contribution < -0.4 is 0 Å². The first kappa shape index (κ1) is 16.7. The fourth-order valence-electron chi connectivity index (χ4n) is 1.96. The number of aromatic amines is 1. The van der Waals surface area contributed by atoms with Crippen LogP contribution in [0.15, 0.2) is 29.4 Å². The van der Waals surface area contributed by atoms with E-state index in [0.29, 0.717) is 0 Å². The molecular formula is C16H19N3O4. The Hall–Kier alpha value is -2.70. The molecule has 2 aromatic rings. The summed E-state index contributed by atoms with van der Waals surface area (Å²) in [6, 6.07) is 5.55. The summed E-state index contributed by atoms with van der Waals surface area (Å²) in [5.74, 6) is -0.666. The van der Waals surface area contributed by atoms with Gasteiger partial charge in [0, 0.05) is 11.8 Å². The van der Waals surface area contributed by atoms with E-state index in [0.717, 1.165) is 16.5 Å². The number of carbonyl (C=O) groups excluding carboxylic acids is 2. The SMILES string of the molecule is COC(=O)C(Cc1ccc2cn[nH]c2c1)=NC(=O)OC(C)(C)C. The average molecular weight is 317 g/mol. The van der Waals surface area contributed by atoms with Gasteiger partial charge in [-0.05, 0) is 32.4 Å². The number of rotatable bonds is 3. The van der Waals surface area contributed by atoms with Crippen molar-refractivity contribution in [1.29, 1.82) is 0 Å². The molecule has 0 saturated heterocycles. The van der Waals surface area contributed by atoms with E-state index in [1.807, 2.05) is 18.2 Å². The number of hydrogen-bond donors (Lipinski definition) is 1. The number of methoxy groups -OCH3 is 1. The molecule has 1 heterocycles. The van der Waals surface area contributed by atoms with E-state index in [1.54, 1.807) is 27.0 Å². The van der Waals surface area contributed by atoms with Crippen molar-refractivity contribution in [2.45, 2.75) is 32.8 Å². The number of nitrogens with zero attached hydrogens (tertiary/aromatic N) is 2. The van der Waals surface area contributed by atoms with Crippen molar-refractivity contribution in [2.24, 2.45) is 4.99 Å². The Bertz CT molecular complexity index is 756. The van der Waals surface area contributed by atoms with Gasteiger partial charge >= 0.3 is 12.1 Å². The van der Waals surface area contributed by atoms with Crippen molar-refractivity contribution in [3.8, 4) is 0 Å². The summed E-state index contributed by atoms with van der Waals surface area (Å²) in [5.41, 5.74) is 0.940. The molecule has 1 amide bonds. The molecule has 0 atom stereocenters. The lowest BCUT2D eigenvalue weighted by atomic mass is 10.1. The quantitative estimate of drug-likeness (QED) is 0.694. The number of amides is 1. The van der Waals surface area contributed by atoms with Gasteiger partial charge < -0.3 is 9.47 Å². The highest BCUT2D eigenvalue weighted by Crippen LogP contribution is 2.14. The Morgan fingerprint density at radius 2 is 2.04 bits per heavy atom. The fraction of sp³-hybridized carbons (Fsp3) is 0.375. The number of ether oxygens (including phenoxy) is 2. The van der Waals surface area contributed by atoms with Gasteiger partial charge in [0.15, 0.2) is 0 Å². The molecule has 0 aliphatic carbocycles. The van der Waals surface area contributed by atoms with Crippen LogP contribution in [0, 0.1) is 0 Å². The van der Waals surface area contributed by atoms with Crippen LogP contribution in [-0.2, 0) is 20.7 Å². The zero-order valence-electron chi connectivity index (χ0n) is 13.5. The largest absolute Gasteiger partial charge is 0.465 e. The molecule has 0 saturated carbocycles. The highest BCUT2D eigenvalue weighted by atomic mass is 16.6. The Morgan fingerprint density at radius 3 is 2.70 bits per heavy atom. The third kappa shape index (κ3) is 4.64. The standard InChI is InChI=1S/C16H19N3O4/c1-16(2,3)23-15(21)18-13(14(20)22-4)8-10-5-6-11-9-17-19-12(11)7-10/h5-7,9H,8H2,1-4H3,(H,17,19). The minimum absolute atomic E-state index is 0.0133. The predicted molar refractivity (Wildman–Crippen MR) is 85.5 cm³/mol. The molecule has 122 valence electrons. The van der Waals surface area contributed by atoms with E-state index in [9.17, 15) is 9.59 Å². The number of carbonyl (C=O) groups is 2. The molecule has 0 aliphatic rings. The number of aromatic nitrogens is 2. The molecule has 0 radical (unpaired) electrons. The van der Waals surface area contributed by atoms with Crippen molar-refractivity contribution in [2.75, 3.05) is 7.11 Å². The Morgan fingerprint density at radius 1 is 1.30 bits per heavy atom. The average Bonchev–Trinajstić information content (AvgIpc) is 2.91. The first-order chi connectivity index (χ1) is 10.8. The van der Waals surface area contributed by atoms with Gasteiger partial charge in [-0.1, -0.05) is 12.1 Å². The molecule has 1 aromatic carbocycles. The normalized spacial score (nSPS) is 12.3. The van der Waals surface area contributed by atoms with Gasteiger partial charge in [-0.3, -0.25) is 5.10 Å². The van der Waals surface area contributed by atoms with E-state index in [2.05, 4.69) is 15.2 Å². The van der Waals surface area contributed by atoms with Crippen LogP contribution in [0.3, 0.4) is 0 Å². The van der Waals surface area contributed by atoms with E-state index in [4.69, 9.17) is 9.47 Å². The van der Waals surface area contributed by atoms with Gasteiger partial charge in [0.25, 0.3) is 0 Å². The highest BCUT2D eigenvalue weighted by Gasteiger charge is 2.20. The van der Waals surface area contributed by atoms with Gasteiger partial charge in [-0.15, -0.1) is 0 Å². The number of hydrogen-bond acceptors (Lipinski definition) is 5. The summed E-state index contributed by atoms with van der Waals surface area (Å²) in [4.78, 5) is 27.4. The number of nitrogens with one attached hydrogen (secondary N) is 1. The Kier molecular flexibility index (Phi) is 4.78. The third-order valence-corrected chi connectivity index (χ3v) is 2.92. The van der Waals surface area contributed by atoms with Crippen molar-refractivity contribution < 1.29 is 19.1 Å². The van der Waals surface area contributed by atoms with Crippen LogP contribution in [0.2, 0.25) is 0 Å². The first-order valence-corrected chi connectivity index (χ1v) is 7.09. The van der Waals surface area contributed by atoms with Crippen LogP contribution >= 0.6 is 0 Å². The summed E-state index contributed by atoms with van der Waals surface area (Å²) in [6.07, 6.45) is 1.04. The maximum atomic E-state index is 11.9. The van der Waals surface area contributed by atoms with E-state index in [1.165, 1.54) is 7.11 Å². The fourth-order valence-corrected chi connectivity index (χ4v) is 1.96. The molecule has 23 heavy (non-hydrogen) atoms. The lowest BCUT2D eigenvalue weighted by Gasteiger charge is -2.17. The topological polar surface area (TPSA) is 93.6 Å². The van der Waals surface area contributed by atoms with Gasteiger partial charge in [0.2, 0.25) is 0 Å². The highest BCUT2D eigenvalue weighted by molar-refractivity contribution is 6.38. The smallest absolute Gasteiger partial charge is 0.434 e. The summed E-state index contributed by atoms with van der Waals surface area (Å²) in [5, 5.41) is 7.75. The second kappa shape index (κ2) is 6.60. The molecular weight excluding hydrogens is 298 g/mol. The van der Waals surface area contributed by atoms with Crippen LogP contribution in [0.25, 0.3) is 10.9 Å². The lowest BCUT2D eigenvalue weighted by Crippen LogP contribution is -2.25. The maximum Gasteiger partial charge on any atom is 0.434 e. The van der Waals surface area contributed by atoms with Crippen molar-refractivity contribution in [3.05, 3.63) is 30.0 Å². The number of benzene rings is 1. The molecule has 2 rings (SSSR count). The van der Waals surface area contributed by atoms with Gasteiger partial charge in [0.05, 0.1) is 18.8 Å². The molecule has 0 aliphatic heterocycles. The number of fused-ring (bicyclic) bond motifs is 1. The molecule has 1 N–H and O–H groups in total. The predicted octanol–water partition coefficient (Wildman–Crippen LogP) is 2.65. The molecule has 0 unspecified atom stereocenters. The van der Waals surface area contributed by atoms with Gasteiger partial charge in [-0.25, -0.2) is 9.59 Å². The molecule has 0 fully saturated rings.